The number of nitrogens with zero attached hydrogens (tertiary/aromatic N) is 1. The Bertz CT molecular complexity index is 538. The van der Waals surface area contributed by atoms with Gasteiger partial charge in [0.25, 0.3) is 5.70 Å². The van der Waals surface area contributed by atoms with Crippen molar-refractivity contribution in [2.24, 2.45) is 0 Å². The topological polar surface area (TPSA) is 52.4 Å². The number of ether oxygens (including phenoxy) is 1. The van der Waals surface area contributed by atoms with Crippen LogP contribution in [0.2, 0.25) is 5.02 Å². The molecule has 0 N–H and O–H groups in total. The molecule has 0 amide bonds. The molecule has 1 aliphatic rings. The van der Waals surface area contributed by atoms with Crippen LogP contribution in [0.25, 0.3) is 6.08 Å². The lowest BCUT2D eigenvalue weighted by molar-refractivity contribution is -0.433. The van der Waals surface area contributed by atoms with Crippen LogP contribution in [0.4, 0.5) is 0 Å². The molecular weight excluding hydrogens is 324 g/mol. The molecule has 0 saturated carbocycles. The molecule has 1 aromatic rings. The predicted molar refractivity (Wildman–Crippen MR) is 71.1 cm³/mol. The Morgan fingerprint density at radius 3 is 2.56 bits per heavy atom. The van der Waals surface area contributed by atoms with Gasteiger partial charge in [0.15, 0.2) is 0 Å². The van der Waals surface area contributed by atoms with Crippen molar-refractivity contribution in [2.45, 2.75) is 9.90 Å². The van der Waals surface area contributed by atoms with E-state index in [4.69, 9.17) is 51.1 Å². The van der Waals surface area contributed by atoms with E-state index >= 15 is 0 Å². The summed E-state index contributed by atoms with van der Waals surface area (Å²) >= 11 is 22.8. The molecule has 18 heavy (non-hydrogen) atoms. The Labute approximate surface area is 122 Å². The smallest absolute Gasteiger partial charge is 0.291 e. The highest BCUT2D eigenvalue weighted by molar-refractivity contribution is 6.68. The van der Waals surface area contributed by atoms with E-state index in [1.165, 1.54) is 12.1 Å². The largest absolute Gasteiger partial charge is 0.474 e. The summed E-state index contributed by atoms with van der Waals surface area (Å²) in [5.74, 6) is 0.376. The molecule has 0 aliphatic carbocycles. The van der Waals surface area contributed by atoms with Crippen molar-refractivity contribution < 1.29 is 9.66 Å². The average Bonchev–Trinajstić information content (AvgIpc) is 2.25. The number of hydrogen-bond acceptors (Lipinski definition) is 3. The fourth-order valence-electron chi connectivity index (χ4n) is 1.54. The molecule has 1 aliphatic heterocycles. The first-order valence-electron chi connectivity index (χ1n) is 4.68. The molecule has 0 saturated heterocycles. The van der Waals surface area contributed by atoms with E-state index in [1.807, 2.05) is 0 Å². The molecule has 96 valence electrons. The molecule has 0 unspecified atom stereocenters. The summed E-state index contributed by atoms with van der Waals surface area (Å²) in [5.41, 5.74) is 0.143. The van der Waals surface area contributed by atoms with E-state index < -0.39 is 14.8 Å². The number of nitro groups is 1. The lowest BCUT2D eigenvalue weighted by Crippen LogP contribution is -2.38. The monoisotopic (exact) mass is 327 g/mol. The normalized spacial score (nSPS) is 18.7. The van der Waals surface area contributed by atoms with Gasteiger partial charge in [0.05, 0.1) is 4.92 Å². The van der Waals surface area contributed by atoms with E-state index in [2.05, 4.69) is 0 Å². The second kappa shape index (κ2) is 4.78. The minimum absolute atomic E-state index is 0.329. The van der Waals surface area contributed by atoms with Crippen LogP contribution in [0.5, 0.6) is 5.75 Å². The third kappa shape index (κ3) is 2.67. The minimum Gasteiger partial charge on any atom is -0.474 e. The van der Waals surface area contributed by atoms with E-state index in [-0.39, 0.29) is 5.70 Å². The number of hydrogen-bond donors (Lipinski definition) is 0. The van der Waals surface area contributed by atoms with Crippen molar-refractivity contribution in [1.82, 2.24) is 0 Å². The average molecular weight is 329 g/mol. The van der Waals surface area contributed by atoms with E-state index in [9.17, 15) is 10.1 Å². The van der Waals surface area contributed by atoms with Crippen LogP contribution in [-0.4, -0.2) is 14.8 Å². The second-order valence-corrected chi connectivity index (χ2v) is 6.35. The van der Waals surface area contributed by atoms with Gasteiger partial charge in [-0.25, -0.2) is 0 Å². The quantitative estimate of drug-likeness (QED) is 0.443. The molecule has 1 atom stereocenters. The zero-order valence-corrected chi connectivity index (χ0v) is 11.6. The summed E-state index contributed by atoms with van der Waals surface area (Å²) in [5, 5.41) is 11.4. The lowest BCUT2D eigenvalue weighted by atomic mass is 10.1. The number of fused-ring (bicyclic) bond motifs is 1. The minimum atomic E-state index is -1.93. The highest BCUT2D eigenvalue weighted by Crippen LogP contribution is 2.41. The molecule has 8 heteroatoms. The third-order valence-electron chi connectivity index (χ3n) is 2.30. The van der Waals surface area contributed by atoms with E-state index in [0.29, 0.717) is 16.3 Å². The lowest BCUT2D eigenvalue weighted by Gasteiger charge is -2.27. The molecule has 0 radical (unpaired) electrons. The van der Waals surface area contributed by atoms with Crippen LogP contribution < -0.4 is 4.74 Å². The SMILES string of the molecule is O=[N+]([O-])C1=Cc2cc(Cl)ccc2O[C@H]1C(Cl)(Cl)Cl. The molecule has 1 aromatic carbocycles. The maximum absolute atomic E-state index is 11.0. The van der Waals surface area contributed by atoms with Crippen molar-refractivity contribution in [3.63, 3.8) is 0 Å². The van der Waals surface area contributed by atoms with Crippen LogP contribution in [0.1, 0.15) is 5.56 Å². The van der Waals surface area contributed by atoms with Gasteiger partial charge in [-0.3, -0.25) is 10.1 Å². The van der Waals surface area contributed by atoms with Gasteiger partial charge < -0.3 is 4.74 Å². The van der Waals surface area contributed by atoms with Crippen molar-refractivity contribution in [1.29, 1.82) is 0 Å². The first-order chi connectivity index (χ1) is 8.29. The maximum atomic E-state index is 11.0. The molecule has 4 nitrogen and oxygen atoms in total. The first kappa shape index (κ1) is 13.7. The summed E-state index contributed by atoms with van der Waals surface area (Å²) in [4.78, 5) is 10.3. The molecule has 2 rings (SSSR count). The number of rotatable bonds is 1. The van der Waals surface area contributed by atoms with E-state index in [1.54, 1.807) is 12.1 Å². The van der Waals surface area contributed by atoms with Gasteiger partial charge in [-0.2, -0.15) is 0 Å². The van der Waals surface area contributed by atoms with Gasteiger partial charge in [0, 0.05) is 16.7 Å². The summed E-state index contributed by atoms with van der Waals surface area (Å²) in [6.45, 7) is 0. The molecule has 0 fully saturated rings. The molecule has 0 aromatic heterocycles. The van der Waals surface area contributed by atoms with Crippen molar-refractivity contribution in [2.75, 3.05) is 0 Å². The maximum Gasteiger partial charge on any atom is 0.291 e. The second-order valence-electron chi connectivity index (χ2n) is 3.55. The number of alkyl halides is 3. The van der Waals surface area contributed by atoms with Gasteiger partial charge >= 0.3 is 0 Å². The standard InChI is InChI=1S/C10H5Cl4NO3/c11-6-1-2-8-5(3-6)4-7(15(16)17)9(18-8)10(12,13)14/h1-4,9H/t9-/m1/s1. The highest BCUT2D eigenvalue weighted by atomic mass is 35.6. The Balaban J connectivity index is 2.53. The first-order valence-corrected chi connectivity index (χ1v) is 6.19. The summed E-state index contributed by atoms with van der Waals surface area (Å²) in [7, 11) is 0. The van der Waals surface area contributed by atoms with Crippen LogP contribution >= 0.6 is 46.4 Å². The highest BCUT2D eigenvalue weighted by Gasteiger charge is 2.46. The molecule has 0 bridgehead atoms. The zero-order valence-electron chi connectivity index (χ0n) is 8.57. The summed E-state index contributed by atoms with van der Waals surface area (Å²) < 4.78 is 3.43. The summed E-state index contributed by atoms with van der Waals surface area (Å²) in [6, 6.07) is 4.68. The molecule has 0 spiro atoms. The Morgan fingerprint density at radius 1 is 1.33 bits per heavy atom. The van der Waals surface area contributed by atoms with Crippen molar-refractivity contribution in [3.8, 4) is 5.75 Å². The Kier molecular flexibility index (Phi) is 3.65. The van der Waals surface area contributed by atoms with Gasteiger partial charge in [-0.05, 0) is 18.2 Å². The molecular formula is C10H5Cl4NO3. The fourth-order valence-corrected chi connectivity index (χ4v) is 2.19. The van der Waals surface area contributed by atoms with Gasteiger partial charge in [-0.15, -0.1) is 0 Å². The number of benzene rings is 1. The van der Waals surface area contributed by atoms with Crippen molar-refractivity contribution >= 4 is 52.5 Å². The van der Waals surface area contributed by atoms with Crippen LogP contribution in [0.15, 0.2) is 23.9 Å². The van der Waals surface area contributed by atoms with Crippen LogP contribution in [-0.2, 0) is 0 Å². The third-order valence-corrected chi connectivity index (χ3v) is 3.13. The van der Waals surface area contributed by atoms with Crippen LogP contribution in [0, 0.1) is 10.1 Å². The Hall–Kier alpha value is -0.680. The number of halogens is 4. The van der Waals surface area contributed by atoms with E-state index in [0.717, 1.165) is 0 Å². The van der Waals surface area contributed by atoms with Gasteiger partial charge in [0.2, 0.25) is 9.90 Å². The van der Waals surface area contributed by atoms with Crippen molar-refractivity contribution in [3.05, 3.63) is 44.6 Å². The zero-order chi connectivity index (χ0) is 13.5. The fraction of sp³-hybridized carbons (Fsp3) is 0.200. The summed E-state index contributed by atoms with van der Waals surface area (Å²) in [6.07, 6.45) is 0.0169. The Morgan fingerprint density at radius 2 is 2.00 bits per heavy atom. The molecule has 1 heterocycles. The van der Waals surface area contributed by atoms with Crippen LogP contribution in [0.3, 0.4) is 0 Å². The predicted octanol–water partition coefficient (Wildman–Crippen LogP) is 4.09. The van der Waals surface area contributed by atoms with Gasteiger partial charge in [0.1, 0.15) is 5.75 Å². The van der Waals surface area contributed by atoms with Gasteiger partial charge in [-0.1, -0.05) is 46.4 Å².